The molecule has 136 valence electrons. The number of nitrogens with zero attached hydrogens (tertiary/aromatic N) is 2. The fraction of sp³-hybridized carbons (Fsp3) is 0.263. The standard InChI is InChI=1S/C19H20ClN3O3/c1-26-17-7-5-16(6-8-17)22-9-11-23(12-10-22)19(25)18(24)21-15-4-2-3-14(20)13-15/h2-8,13H,9-12H2,1H3,(H,21,24). The molecule has 1 heterocycles. The molecular formula is C19H20ClN3O3. The Kier molecular flexibility index (Phi) is 5.63. The van der Waals surface area contributed by atoms with Crippen LogP contribution in [0.1, 0.15) is 0 Å². The van der Waals surface area contributed by atoms with Crippen LogP contribution in [0.4, 0.5) is 11.4 Å². The van der Waals surface area contributed by atoms with Crippen LogP contribution in [0.25, 0.3) is 0 Å². The summed E-state index contributed by atoms with van der Waals surface area (Å²) < 4.78 is 5.16. The van der Waals surface area contributed by atoms with Crippen LogP contribution < -0.4 is 15.0 Å². The molecule has 1 aliphatic rings. The fourth-order valence-corrected chi connectivity index (χ4v) is 3.05. The van der Waals surface area contributed by atoms with Crippen LogP contribution in [-0.2, 0) is 9.59 Å². The molecule has 0 saturated carbocycles. The van der Waals surface area contributed by atoms with Crippen LogP contribution in [0.2, 0.25) is 5.02 Å². The van der Waals surface area contributed by atoms with E-state index in [0.29, 0.717) is 36.9 Å². The number of anilines is 2. The van der Waals surface area contributed by atoms with Gasteiger partial charge in [-0.05, 0) is 42.5 Å². The van der Waals surface area contributed by atoms with E-state index in [9.17, 15) is 9.59 Å². The molecule has 0 radical (unpaired) electrons. The van der Waals surface area contributed by atoms with Crippen molar-refractivity contribution in [3.63, 3.8) is 0 Å². The number of hydrogen-bond acceptors (Lipinski definition) is 4. The molecule has 0 atom stereocenters. The van der Waals surface area contributed by atoms with Crippen LogP contribution >= 0.6 is 11.6 Å². The van der Waals surface area contributed by atoms with Gasteiger partial charge in [0, 0.05) is 42.6 Å². The number of methoxy groups -OCH3 is 1. The third-order valence-corrected chi connectivity index (χ3v) is 4.52. The average Bonchev–Trinajstić information content (AvgIpc) is 2.67. The maximum atomic E-state index is 12.4. The maximum absolute atomic E-state index is 12.4. The molecule has 0 aliphatic carbocycles. The highest BCUT2D eigenvalue weighted by atomic mass is 35.5. The van der Waals surface area contributed by atoms with Crippen molar-refractivity contribution in [2.75, 3.05) is 43.5 Å². The molecule has 3 rings (SSSR count). The molecule has 2 amide bonds. The van der Waals surface area contributed by atoms with Crippen LogP contribution in [0.3, 0.4) is 0 Å². The molecule has 2 aromatic carbocycles. The molecule has 6 nitrogen and oxygen atoms in total. The van der Waals surface area contributed by atoms with Crippen LogP contribution in [0.5, 0.6) is 5.75 Å². The van der Waals surface area contributed by atoms with Gasteiger partial charge in [0.15, 0.2) is 0 Å². The van der Waals surface area contributed by atoms with Crippen molar-refractivity contribution in [2.24, 2.45) is 0 Å². The number of carbonyl (C=O) groups excluding carboxylic acids is 2. The average molecular weight is 374 g/mol. The van der Waals surface area contributed by atoms with E-state index in [2.05, 4.69) is 10.2 Å². The van der Waals surface area contributed by atoms with Gasteiger partial charge in [-0.2, -0.15) is 0 Å². The van der Waals surface area contributed by atoms with Crippen LogP contribution in [0, 0.1) is 0 Å². The number of benzene rings is 2. The maximum Gasteiger partial charge on any atom is 0.313 e. The van der Waals surface area contributed by atoms with Gasteiger partial charge >= 0.3 is 11.8 Å². The molecule has 7 heteroatoms. The molecule has 1 aliphatic heterocycles. The number of piperazine rings is 1. The first-order valence-electron chi connectivity index (χ1n) is 8.31. The molecule has 0 spiro atoms. The number of carbonyl (C=O) groups is 2. The van der Waals surface area contributed by atoms with E-state index in [1.807, 2.05) is 24.3 Å². The zero-order chi connectivity index (χ0) is 18.5. The van der Waals surface area contributed by atoms with E-state index < -0.39 is 11.8 Å². The van der Waals surface area contributed by atoms with Crippen molar-refractivity contribution in [1.82, 2.24) is 4.90 Å². The Labute approximate surface area is 157 Å². The van der Waals surface area contributed by atoms with E-state index >= 15 is 0 Å². The Balaban J connectivity index is 1.55. The minimum atomic E-state index is -0.648. The zero-order valence-corrected chi connectivity index (χ0v) is 15.2. The summed E-state index contributed by atoms with van der Waals surface area (Å²) in [6.45, 7) is 2.33. The normalized spacial score (nSPS) is 14.1. The summed E-state index contributed by atoms with van der Waals surface area (Å²) in [6, 6.07) is 14.5. The molecule has 1 fully saturated rings. The first-order chi connectivity index (χ1) is 12.6. The number of ether oxygens (including phenoxy) is 1. The monoisotopic (exact) mass is 373 g/mol. The molecule has 1 N–H and O–H groups in total. The van der Waals surface area contributed by atoms with Crippen molar-refractivity contribution >= 4 is 34.8 Å². The number of nitrogens with one attached hydrogen (secondary N) is 1. The Morgan fingerprint density at radius 3 is 2.35 bits per heavy atom. The van der Waals surface area contributed by atoms with E-state index in [1.165, 1.54) is 0 Å². The predicted octanol–water partition coefficient (Wildman–Crippen LogP) is 2.64. The Bertz CT molecular complexity index is 787. The summed E-state index contributed by atoms with van der Waals surface area (Å²) in [7, 11) is 1.63. The fourth-order valence-electron chi connectivity index (χ4n) is 2.86. The van der Waals surface area contributed by atoms with Gasteiger partial charge in [0.2, 0.25) is 0 Å². The van der Waals surface area contributed by atoms with Gasteiger partial charge in [-0.15, -0.1) is 0 Å². The lowest BCUT2D eigenvalue weighted by molar-refractivity contribution is -0.143. The minimum absolute atomic E-state index is 0.494. The highest BCUT2D eigenvalue weighted by Gasteiger charge is 2.26. The summed E-state index contributed by atoms with van der Waals surface area (Å²) in [5, 5.41) is 3.10. The molecule has 0 aromatic heterocycles. The highest BCUT2D eigenvalue weighted by molar-refractivity contribution is 6.39. The summed E-state index contributed by atoms with van der Waals surface area (Å²) in [6.07, 6.45) is 0. The van der Waals surface area contributed by atoms with Crippen molar-refractivity contribution in [1.29, 1.82) is 0 Å². The first kappa shape index (κ1) is 18.1. The number of rotatable bonds is 3. The molecule has 26 heavy (non-hydrogen) atoms. The van der Waals surface area contributed by atoms with Crippen molar-refractivity contribution in [3.8, 4) is 5.75 Å². The summed E-state index contributed by atoms with van der Waals surface area (Å²) in [5.74, 6) is -0.371. The lowest BCUT2D eigenvalue weighted by atomic mass is 10.2. The SMILES string of the molecule is COc1ccc(N2CCN(C(=O)C(=O)Nc3cccc(Cl)c3)CC2)cc1. The van der Waals surface area contributed by atoms with E-state index in [0.717, 1.165) is 11.4 Å². The summed E-state index contributed by atoms with van der Waals surface area (Å²) in [4.78, 5) is 28.3. The van der Waals surface area contributed by atoms with Gasteiger partial charge in [-0.3, -0.25) is 9.59 Å². The lowest BCUT2D eigenvalue weighted by Gasteiger charge is -2.35. The van der Waals surface area contributed by atoms with Crippen molar-refractivity contribution < 1.29 is 14.3 Å². The highest BCUT2D eigenvalue weighted by Crippen LogP contribution is 2.21. The number of hydrogen-bond donors (Lipinski definition) is 1. The molecule has 0 unspecified atom stereocenters. The quantitative estimate of drug-likeness (QED) is 0.840. The lowest BCUT2D eigenvalue weighted by Crippen LogP contribution is -2.51. The Morgan fingerprint density at radius 1 is 1.04 bits per heavy atom. The Morgan fingerprint density at radius 2 is 1.73 bits per heavy atom. The molecular weight excluding hydrogens is 354 g/mol. The third kappa shape index (κ3) is 4.26. The van der Waals surface area contributed by atoms with Gasteiger partial charge in [0.05, 0.1) is 7.11 Å². The summed E-state index contributed by atoms with van der Waals surface area (Å²) in [5.41, 5.74) is 1.58. The molecule has 2 aromatic rings. The smallest absolute Gasteiger partial charge is 0.313 e. The number of amides is 2. The largest absolute Gasteiger partial charge is 0.497 e. The third-order valence-electron chi connectivity index (χ3n) is 4.28. The predicted molar refractivity (Wildman–Crippen MR) is 102 cm³/mol. The van der Waals surface area contributed by atoms with Gasteiger partial charge in [-0.25, -0.2) is 0 Å². The second-order valence-electron chi connectivity index (χ2n) is 5.94. The van der Waals surface area contributed by atoms with Crippen LogP contribution in [0.15, 0.2) is 48.5 Å². The Hall–Kier alpha value is -2.73. The van der Waals surface area contributed by atoms with Crippen molar-refractivity contribution in [3.05, 3.63) is 53.6 Å². The van der Waals surface area contributed by atoms with Gasteiger partial charge < -0.3 is 19.9 Å². The second-order valence-corrected chi connectivity index (χ2v) is 6.38. The van der Waals surface area contributed by atoms with E-state index in [-0.39, 0.29) is 0 Å². The van der Waals surface area contributed by atoms with E-state index in [4.69, 9.17) is 16.3 Å². The van der Waals surface area contributed by atoms with Gasteiger partial charge in [0.25, 0.3) is 0 Å². The van der Waals surface area contributed by atoms with Crippen molar-refractivity contribution in [2.45, 2.75) is 0 Å². The van der Waals surface area contributed by atoms with Gasteiger partial charge in [-0.1, -0.05) is 17.7 Å². The zero-order valence-electron chi connectivity index (χ0n) is 14.4. The summed E-state index contributed by atoms with van der Waals surface area (Å²) >= 11 is 5.89. The van der Waals surface area contributed by atoms with E-state index in [1.54, 1.807) is 36.3 Å². The minimum Gasteiger partial charge on any atom is -0.497 e. The molecule has 0 bridgehead atoms. The first-order valence-corrected chi connectivity index (χ1v) is 8.69. The van der Waals surface area contributed by atoms with Gasteiger partial charge in [0.1, 0.15) is 5.75 Å². The molecule has 1 saturated heterocycles. The second kappa shape index (κ2) is 8.10. The van der Waals surface area contributed by atoms with Crippen LogP contribution in [-0.4, -0.2) is 50.0 Å². The topological polar surface area (TPSA) is 61.9 Å². The number of halogens is 1.